The second-order valence-corrected chi connectivity index (χ2v) is 6.67. The molecule has 0 radical (unpaired) electrons. The molecule has 0 fully saturated rings. The Morgan fingerprint density at radius 2 is 1.67 bits per heavy atom. The quantitative estimate of drug-likeness (QED) is 0.534. The average Bonchev–Trinajstić information content (AvgIpc) is 2.49. The summed E-state index contributed by atoms with van der Waals surface area (Å²) in [5.41, 5.74) is 3.16. The van der Waals surface area contributed by atoms with Gasteiger partial charge in [-0.25, -0.2) is 0 Å². The summed E-state index contributed by atoms with van der Waals surface area (Å²) in [7, 11) is 2.14. The predicted molar refractivity (Wildman–Crippen MR) is 93.0 cm³/mol. The van der Waals surface area contributed by atoms with Crippen LogP contribution in [0.4, 0.5) is 0 Å². The molecule has 0 aliphatic heterocycles. The first-order chi connectivity index (χ1) is 10.4. The lowest BCUT2D eigenvalue weighted by Gasteiger charge is -2.36. The topological polar surface area (TPSA) is 12.0 Å². The minimum Gasteiger partial charge on any atom is -0.316 e. The van der Waals surface area contributed by atoms with Crippen molar-refractivity contribution in [3.05, 3.63) is 35.4 Å². The largest absolute Gasteiger partial charge is 0.316 e. The van der Waals surface area contributed by atoms with Gasteiger partial charge in [0.2, 0.25) is 0 Å². The second-order valence-electron chi connectivity index (χ2n) is 6.67. The Bertz CT molecular complexity index is 399. The standard InChI is InChI=1S/C20H33N/c1-3-4-5-6-7-8-9-10-15-20(21-2)19-16-17-13-11-12-14-18(17)19/h11-14,19-21H,3-10,15-16H2,1-2H3. The highest BCUT2D eigenvalue weighted by Crippen LogP contribution is 2.38. The van der Waals surface area contributed by atoms with Crippen LogP contribution in [0.25, 0.3) is 0 Å². The van der Waals surface area contributed by atoms with Gasteiger partial charge in [0.25, 0.3) is 0 Å². The highest BCUT2D eigenvalue weighted by molar-refractivity contribution is 5.41. The molecule has 1 aromatic carbocycles. The number of nitrogens with one attached hydrogen (secondary N) is 1. The van der Waals surface area contributed by atoms with E-state index in [4.69, 9.17) is 0 Å². The molecule has 118 valence electrons. The summed E-state index contributed by atoms with van der Waals surface area (Å²) in [5.74, 6) is 0.760. The average molecular weight is 287 g/mol. The van der Waals surface area contributed by atoms with Crippen molar-refractivity contribution in [3.8, 4) is 0 Å². The van der Waals surface area contributed by atoms with Crippen LogP contribution in [-0.4, -0.2) is 13.1 Å². The van der Waals surface area contributed by atoms with Crippen molar-refractivity contribution < 1.29 is 0 Å². The molecule has 1 aromatic rings. The molecule has 1 heteroatoms. The maximum atomic E-state index is 3.56. The lowest BCUT2D eigenvalue weighted by atomic mass is 9.72. The predicted octanol–water partition coefficient (Wildman–Crippen LogP) is 5.45. The Balaban J connectivity index is 1.59. The normalized spacial score (nSPS) is 18.1. The van der Waals surface area contributed by atoms with Gasteiger partial charge in [-0.15, -0.1) is 0 Å². The molecule has 1 aliphatic rings. The summed E-state index contributed by atoms with van der Waals surface area (Å²) in [6.07, 6.45) is 13.9. The van der Waals surface area contributed by atoms with Crippen molar-refractivity contribution >= 4 is 0 Å². The number of hydrogen-bond acceptors (Lipinski definition) is 1. The fourth-order valence-corrected chi connectivity index (χ4v) is 3.70. The fraction of sp³-hybridized carbons (Fsp3) is 0.700. The maximum absolute atomic E-state index is 3.56. The van der Waals surface area contributed by atoms with Crippen LogP contribution in [0.3, 0.4) is 0 Å². The van der Waals surface area contributed by atoms with Crippen LogP contribution in [0.1, 0.15) is 81.8 Å². The molecule has 1 aliphatic carbocycles. The van der Waals surface area contributed by atoms with Gasteiger partial charge in [-0.1, -0.05) is 82.6 Å². The van der Waals surface area contributed by atoms with Crippen LogP contribution in [-0.2, 0) is 6.42 Å². The van der Waals surface area contributed by atoms with Crippen LogP contribution in [0.2, 0.25) is 0 Å². The van der Waals surface area contributed by atoms with E-state index in [0.29, 0.717) is 6.04 Å². The van der Waals surface area contributed by atoms with Gasteiger partial charge in [-0.05, 0) is 31.0 Å². The minimum absolute atomic E-state index is 0.681. The molecule has 0 aromatic heterocycles. The van der Waals surface area contributed by atoms with E-state index in [9.17, 15) is 0 Å². The molecule has 0 spiro atoms. The van der Waals surface area contributed by atoms with Gasteiger partial charge in [-0.2, -0.15) is 0 Å². The summed E-state index contributed by atoms with van der Waals surface area (Å²) < 4.78 is 0. The van der Waals surface area contributed by atoms with Crippen molar-refractivity contribution in [1.82, 2.24) is 5.32 Å². The van der Waals surface area contributed by atoms with Gasteiger partial charge in [0.05, 0.1) is 0 Å². The Hall–Kier alpha value is -0.820. The van der Waals surface area contributed by atoms with Crippen molar-refractivity contribution in [1.29, 1.82) is 0 Å². The van der Waals surface area contributed by atoms with Gasteiger partial charge >= 0.3 is 0 Å². The molecule has 1 N–H and O–H groups in total. The number of likely N-dealkylation sites (N-methyl/N-ethyl adjacent to an activating group) is 1. The Morgan fingerprint density at radius 3 is 2.33 bits per heavy atom. The highest BCUT2D eigenvalue weighted by Gasteiger charge is 2.31. The molecule has 0 saturated carbocycles. The van der Waals surface area contributed by atoms with E-state index in [2.05, 4.69) is 43.6 Å². The number of fused-ring (bicyclic) bond motifs is 1. The van der Waals surface area contributed by atoms with E-state index in [0.717, 1.165) is 5.92 Å². The van der Waals surface area contributed by atoms with Gasteiger partial charge in [0.1, 0.15) is 0 Å². The molecule has 0 amide bonds. The van der Waals surface area contributed by atoms with Crippen LogP contribution in [0.5, 0.6) is 0 Å². The third kappa shape index (κ3) is 4.85. The number of unbranched alkanes of at least 4 members (excludes halogenated alkanes) is 7. The molecule has 0 saturated heterocycles. The molecule has 2 atom stereocenters. The SMILES string of the molecule is CCCCCCCCCCC(NC)C1Cc2ccccc21. The molecular formula is C20H33N. The lowest BCUT2D eigenvalue weighted by Crippen LogP contribution is -2.38. The monoisotopic (exact) mass is 287 g/mol. The molecule has 21 heavy (non-hydrogen) atoms. The van der Waals surface area contributed by atoms with Gasteiger partial charge < -0.3 is 5.32 Å². The molecule has 1 nitrogen and oxygen atoms in total. The summed E-state index contributed by atoms with van der Waals surface area (Å²) in [5, 5.41) is 3.56. The smallest absolute Gasteiger partial charge is 0.0136 e. The zero-order chi connectivity index (χ0) is 14.9. The van der Waals surface area contributed by atoms with E-state index in [1.165, 1.54) is 64.2 Å². The minimum atomic E-state index is 0.681. The first-order valence-electron chi connectivity index (χ1n) is 9.12. The Labute approximate surface area is 131 Å². The van der Waals surface area contributed by atoms with Crippen molar-refractivity contribution in [2.75, 3.05) is 7.05 Å². The van der Waals surface area contributed by atoms with E-state index >= 15 is 0 Å². The Morgan fingerprint density at radius 1 is 1.00 bits per heavy atom. The molecule has 0 heterocycles. The highest BCUT2D eigenvalue weighted by atomic mass is 14.9. The van der Waals surface area contributed by atoms with E-state index in [-0.39, 0.29) is 0 Å². The van der Waals surface area contributed by atoms with Gasteiger partial charge in [-0.3, -0.25) is 0 Å². The first kappa shape index (κ1) is 16.5. The summed E-state index contributed by atoms with van der Waals surface area (Å²) in [4.78, 5) is 0. The second kappa shape index (κ2) is 9.25. The third-order valence-electron chi connectivity index (χ3n) is 5.12. The van der Waals surface area contributed by atoms with Crippen LogP contribution in [0, 0.1) is 0 Å². The Kier molecular flexibility index (Phi) is 7.29. The van der Waals surface area contributed by atoms with Gasteiger partial charge in [0, 0.05) is 12.0 Å². The van der Waals surface area contributed by atoms with E-state index in [1.807, 2.05) is 0 Å². The van der Waals surface area contributed by atoms with Crippen LogP contribution in [0.15, 0.2) is 24.3 Å². The number of rotatable bonds is 11. The molecule has 2 unspecified atom stereocenters. The molecule has 0 bridgehead atoms. The number of benzene rings is 1. The van der Waals surface area contributed by atoms with Crippen LogP contribution < -0.4 is 5.32 Å². The zero-order valence-electron chi connectivity index (χ0n) is 14.0. The van der Waals surface area contributed by atoms with Crippen molar-refractivity contribution in [2.45, 2.75) is 83.1 Å². The lowest BCUT2D eigenvalue weighted by molar-refractivity contribution is 0.386. The van der Waals surface area contributed by atoms with Crippen molar-refractivity contribution in [2.24, 2.45) is 0 Å². The fourth-order valence-electron chi connectivity index (χ4n) is 3.70. The van der Waals surface area contributed by atoms with E-state index < -0.39 is 0 Å². The molecular weight excluding hydrogens is 254 g/mol. The van der Waals surface area contributed by atoms with E-state index in [1.54, 1.807) is 11.1 Å². The van der Waals surface area contributed by atoms with Crippen molar-refractivity contribution in [3.63, 3.8) is 0 Å². The molecule has 2 rings (SSSR count). The maximum Gasteiger partial charge on any atom is 0.0136 e. The summed E-state index contributed by atoms with van der Waals surface area (Å²) in [6.45, 7) is 2.29. The van der Waals surface area contributed by atoms with Gasteiger partial charge in [0.15, 0.2) is 0 Å². The zero-order valence-corrected chi connectivity index (χ0v) is 14.0. The third-order valence-corrected chi connectivity index (χ3v) is 5.12. The van der Waals surface area contributed by atoms with Crippen LogP contribution >= 0.6 is 0 Å². The first-order valence-corrected chi connectivity index (χ1v) is 9.12. The summed E-state index contributed by atoms with van der Waals surface area (Å²) >= 11 is 0. The number of hydrogen-bond donors (Lipinski definition) is 1. The summed E-state index contributed by atoms with van der Waals surface area (Å²) in [6, 6.07) is 9.65.